The molecule has 4 rings (SSSR count). The van der Waals surface area contributed by atoms with Gasteiger partial charge in [-0.15, -0.1) is 0 Å². The number of sulfonamides is 1. The van der Waals surface area contributed by atoms with E-state index in [4.69, 9.17) is 17.3 Å². The molecule has 0 spiro atoms. The second-order valence-electron chi connectivity index (χ2n) is 7.90. The lowest BCUT2D eigenvalue weighted by Crippen LogP contribution is -2.28. The SMILES string of the molecule is CN(Cc1cc(Cl)ccc1C(N)=O)S(=O)(=O)c1cc(-c2n[nH]c(=O)n2-c2ccccc2F)c(O)cc1O. The molecule has 0 aliphatic carbocycles. The maximum Gasteiger partial charge on any atom is 0.348 e. The van der Waals surface area contributed by atoms with Gasteiger partial charge in [0.2, 0.25) is 15.9 Å². The number of primary amides is 1. The lowest BCUT2D eigenvalue weighted by atomic mass is 10.1. The first-order chi connectivity index (χ1) is 17.4. The largest absolute Gasteiger partial charge is 0.507 e. The van der Waals surface area contributed by atoms with Crippen LogP contribution in [-0.2, 0) is 16.6 Å². The number of nitrogens with two attached hydrogens (primary N) is 1. The number of aromatic nitrogens is 3. The number of aromatic hydroxyl groups is 2. The molecule has 0 aliphatic rings. The van der Waals surface area contributed by atoms with Crippen LogP contribution in [0.3, 0.4) is 0 Å². The van der Waals surface area contributed by atoms with E-state index in [1.54, 1.807) is 0 Å². The number of carbonyl (C=O) groups is 1. The molecule has 1 amide bonds. The lowest BCUT2D eigenvalue weighted by molar-refractivity contribution is 0.0999. The Morgan fingerprint density at radius 1 is 1.16 bits per heavy atom. The molecule has 14 heteroatoms. The molecule has 1 aromatic heterocycles. The molecule has 0 saturated carbocycles. The van der Waals surface area contributed by atoms with E-state index in [0.29, 0.717) is 0 Å². The molecule has 0 fully saturated rings. The second kappa shape index (κ2) is 9.69. The van der Waals surface area contributed by atoms with E-state index in [9.17, 15) is 32.6 Å². The van der Waals surface area contributed by atoms with Crippen molar-refractivity contribution in [2.24, 2.45) is 5.73 Å². The van der Waals surface area contributed by atoms with Crippen LogP contribution in [0.2, 0.25) is 5.02 Å². The van der Waals surface area contributed by atoms with Gasteiger partial charge in [0, 0.05) is 30.2 Å². The first-order valence-corrected chi connectivity index (χ1v) is 12.3. The van der Waals surface area contributed by atoms with Crippen molar-refractivity contribution in [2.75, 3.05) is 7.05 Å². The molecule has 0 saturated heterocycles. The summed E-state index contributed by atoms with van der Waals surface area (Å²) in [7, 11) is -3.28. The van der Waals surface area contributed by atoms with Gasteiger partial charge in [-0.2, -0.15) is 9.40 Å². The summed E-state index contributed by atoms with van der Waals surface area (Å²) in [5, 5.41) is 27.1. The van der Waals surface area contributed by atoms with Crippen molar-refractivity contribution in [3.8, 4) is 28.6 Å². The molecule has 1 heterocycles. The number of benzene rings is 3. The van der Waals surface area contributed by atoms with Crippen LogP contribution in [0, 0.1) is 5.82 Å². The molecule has 0 bridgehead atoms. The lowest BCUT2D eigenvalue weighted by Gasteiger charge is -2.20. The summed E-state index contributed by atoms with van der Waals surface area (Å²) in [4.78, 5) is 23.6. The highest BCUT2D eigenvalue weighted by molar-refractivity contribution is 7.89. The number of amides is 1. The Morgan fingerprint density at radius 3 is 2.54 bits per heavy atom. The quantitative estimate of drug-likeness (QED) is 0.275. The van der Waals surface area contributed by atoms with E-state index >= 15 is 0 Å². The summed E-state index contributed by atoms with van der Waals surface area (Å²) in [6.45, 7) is -0.348. The minimum Gasteiger partial charge on any atom is -0.507 e. The predicted molar refractivity (Wildman–Crippen MR) is 132 cm³/mol. The van der Waals surface area contributed by atoms with Crippen molar-refractivity contribution in [3.05, 3.63) is 87.0 Å². The Labute approximate surface area is 214 Å². The van der Waals surface area contributed by atoms with Crippen molar-refractivity contribution in [1.29, 1.82) is 0 Å². The molecule has 0 aliphatic heterocycles. The summed E-state index contributed by atoms with van der Waals surface area (Å²) in [6.07, 6.45) is 0. The zero-order chi connectivity index (χ0) is 27.1. The number of phenolic OH excluding ortho intramolecular Hbond substituents is 2. The van der Waals surface area contributed by atoms with Crippen molar-refractivity contribution in [3.63, 3.8) is 0 Å². The molecule has 5 N–H and O–H groups in total. The van der Waals surface area contributed by atoms with Gasteiger partial charge in [-0.25, -0.2) is 27.3 Å². The number of halogens is 2. The average molecular weight is 548 g/mol. The van der Waals surface area contributed by atoms with Crippen molar-refractivity contribution >= 4 is 27.5 Å². The molecular formula is C23H19ClFN5O6S. The summed E-state index contributed by atoms with van der Waals surface area (Å²) in [6, 6.07) is 11.1. The minimum absolute atomic E-state index is 0.0486. The Morgan fingerprint density at radius 2 is 1.86 bits per heavy atom. The molecule has 4 aromatic rings. The van der Waals surface area contributed by atoms with E-state index in [-0.39, 0.29) is 39.8 Å². The van der Waals surface area contributed by atoms with Gasteiger partial charge in [-0.1, -0.05) is 23.7 Å². The highest BCUT2D eigenvalue weighted by Crippen LogP contribution is 2.38. The molecule has 37 heavy (non-hydrogen) atoms. The van der Waals surface area contributed by atoms with E-state index < -0.39 is 43.8 Å². The number of nitrogens with one attached hydrogen (secondary N) is 1. The number of aromatic amines is 1. The van der Waals surface area contributed by atoms with Crippen LogP contribution < -0.4 is 11.4 Å². The fourth-order valence-electron chi connectivity index (χ4n) is 3.70. The number of H-pyrrole nitrogens is 1. The van der Waals surface area contributed by atoms with Crippen LogP contribution in [0.4, 0.5) is 4.39 Å². The van der Waals surface area contributed by atoms with Gasteiger partial charge < -0.3 is 15.9 Å². The highest BCUT2D eigenvalue weighted by Gasteiger charge is 2.29. The fourth-order valence-corrected chi connectivity index (χ4v) is 5.13. The van der Waals surface area contributed by atoms with E-state index in [0.717, 1.165) is 27.1 Å². The number of para-hydroxylation sites is 1. The topological polar surface area (TPSA) is 172 Å². The number of nitrogens with zero attached hydrogens (tertiary/aromatic N) is 3. The Balaban J connectivity index is 1.82. The number of carbonyl (C=O) groups excluding carboxylic acids is 1. The van der Waals surface area contributed by atoms with Crippen LogP contribution in [0.25, 0.3) is 17.1 Å². The highest BCUT2D eigenvalue weighted by atomic mass is 35.5. The van der Waals surface area contributed by atoms with Crippen molar-refractivity contribution < 1.29 is 27.8 Å². The molecular weight excluding hydrogens is 529 g/mol. The van der Waals surface area contributed by atoms with Gasteiger partial charge >= 0.3 is 5.69 Å². The smallest absolute Gasteiger partial charge is 0.348 e. The molecule has 192 valence electrons. The molecule has 3 aromatic carbocycles. The first kappa shape index (κ1) is 25.9. The summed E-state index contributed by atoms with van der Waals surface area (Å²) >= 11 is 5.99. The average Bonchev–Trinajstić information content (AvgIpc) is 3.19. The maximum absolute atomic E-state index is 14.4. The van der Waals surface area contributed by atoms with Gasteiger partial charge in [-0.05, 0) is 42.0 Å². The normalized spacial score (nSPS) is 11.7. The van der Waals surface area contributed by atoms with Crippen molar-refractivity contribution in [1.82, 2.24) is 19.1 Å². The zero-order valence-electron chi connectivity index (χ0n) is 19.0. The third-order valence-corrected chi connectivity index (χ3v) is 7.57. The van der Waals surface area contributed by atoms with Gasteiger partial charge in [0.15, 0.2) is 5.82 Å². The van der Waals surface area contributed by atoms with Crippen LogP contribution in [0.15, 0.2) is 64.3 Å². The van der Waals surface area contributed by atoms with Crippen LogP contribution in [-0.4, -0.2) is 50.7 Å². The Kier molecular flexibility index (Phi) is 6.78. The van der Waals surface area contributed by atoms with Crippen molar-refractivity contribution in [2.45, 2.75) is 11.4 Å². The van der Waals surface area contributed by atoms with E-state index in [1.807, 2.05) is 0 Å². The molecule has 0 unspecified atom stereocenters. The third-order valence-electron chi connectivity index (χ3n) is 5.50. The monoisotopic (exact) mass is 547 g/mol. The second-order valence-corrected chi connectivity index (χ2v) is 10.4. The number of rotatable bonds is 7. The van der Waals surface area contributed by atoms with Crippen LogP contribution in [0.1, 0.15) is 15.9 Å². The fraction of sp³-hybridized carbons (Fsp3) is 0.0870. The number of hydrogen-bond acceptors (Lipinski definition) is 7. The standard InChI is InChI=1S/C23H19ClFN5O6S/c1-29(11-12-8-13(24)6-7-14(12)21(26)33)37(35,36)20-9-15(18(31)10-19(20)32)22-27-28-23(34)30(22)17-5-3-2-4-16(17)25/h2-10,31-32H,11H2,1H3,(H2,26,33)(H,28,34). The summed E-state index contributed by atoms with van der Waals surface area (Å²) in [5.74, 6) is -3.30. The van der Waals surface area contributed by atoms with Gasteiger partial charge in [-0.3, -0.25) is 4.79 Å². The van der Waals surface area contributed by atoms with E-state index in [1.165, 1.54) is 43.4 Å². The minimum atomic E-state index is -4.47. The van der Waals surface area contributed by atoms with E-state index in [2.05, 4.69) is 10.2 Å². The van der Waals surface area contributed by atoms with Gasteiger partial charge in [0.1, 0.15) is 22.2 Å². The first-order valence-electron chi connectivity index (χ1n) is 10.4. The van der Waals surface area contributed by atoms with Gasteiger partial charge in [0.25, 0.3) is 0 Å². The number of hydrogen-bond donors (Lipinski definition) is 4. The van der Waals surface area contributed by atoms with Gasteiger partial charge in [0.05, 0.1) is 11.3 Å². The molecule has 11 nitrogen and oxygen atoms in total. The summed E-state index contributed by atoms with van der Waals surface area (Å²) < 4.78 is 42.9. The third kappa shape index (κ3) is 4.79. The Hall–Kier alpha value is -4.20. The summed E-state index contributed by atoms with van der Waals surface area (Å²) in [5.41, 5.74) is 4.30. The zero-order valence-corrected chi connectivity index (χ0v) is 20.6. The maximum atomic E-state index is 14.4. The molecule has 0 atom stereocenters. The predicted octanol–water partition coefficient (Wildman–Crippen LogP) is 2.35. The van der Waals surface area contributed by atoms with Crippen LogP contribution >= 0.6 is 11.6 Å². The Bertz CT molecular complexity index is 1700. The van der Waals surface area contributed by atoms with Crippen LogP contribution in [0.5, 0.6) is 11.5 Å². The number of phenols is 2. The molecule has 0 radical (unpaired) electrons.